The number of nitrogens with zero attached hydrogens (tertiary/aromatic N) is 2. The summed E-state index contributed by atoms with van der Waals surface area (Å²) in [6.45, 7) is 0.803. The molecule has 3 nitrogen and oxygen atoms in total. The van der Waals surface area contributed by atoms with Crippen LogP contribution in [0.15, 0.2) is 36.7 Å². The number of fused-ring (bicyclic) bond motifs is 3. The van der Waals surface area contributed by atoms with E-state index in [-0.39, 0.29) is 12.4 Å². The molecule has 1 aliphatic carbocycles. The van der Waals surface area contributed by atoms with E-state index in [0.29, 0.717) is 0 Å². The van der Waals surface area contributed by atoms with Gasteiger partial charge in [-0.2, -0.15) is 0 Å². The molecule has 1 aliphatic rings. The Bertz CT molecular complexity index is 770. The van der Waals surface area contributed by atoms with Gasteiger partial charge in [0.1, 0.15) is 17.0 Å². The summed E-state index contributed by atoms with van der Waals surface area (Å²) in [6.07, 6.45) is 6.64. The zero-order valence-corrected chi connectivity index (χ0v) is 13.8. The molecule has 4 rings (SSSR count). The molecule has 1 aromatic carbocycles. The minimum atomic E-state index is 0. The maximum absolute atomic E-state index is 4.49. The highest BCUT2D eigenvalue weighted by Gasteiger charge is 2.19. The lowest BCUT2D eigenvalue weighted by atomic mass is 9.97. The maximum Gasteiger partial charge on any atom is 0.138 e. The first-order chi connectivity index (χ1) is 10.4. The molecule has 0 aliphatic heterocycles. The van der Waals surface area contributed by atoms with Crippen LogP contribution in [0.4, 0.5) is 5.82 Å². The third kappa shape index (κ3) is 2.81. The number of thiophene rings is 1. The lowest BCUT2D eigenvalue weighted by Crippen LogP contribution is -2.04. The second-order valence-electron chi connectivity index (χ2n) is 5.45. The minimum absolute atomic E-state index is 0. The average Bonchev–Trinajstić information content (AvgIpc) is 2.93. The van der Waals surface area contributed by atoms with Crippen LogP contribution < -0.4 is 5.32 Å². The van der Waals surface area contributed by atoms with Gasteiger partial charge in [-0.1, -0.05) is 30.3 Å². The number of anilines is 1. The molecule has 0 unspecified atom stereocenters. The molecule has 0 saturated carbocycles. The Balaban J connectivity index is 0.00000144. The topological polar surface area (TPSA) is 37.8 Å². The van der Waals surface area contributed by atoms with Crippen molar-refractivity contribution in [1.82, 2.24) is 9.97 Å². The zero-order chi connectivity index (χ0) is 14.1. The van der Waals surface area contributed by atoms with Gasteiger partial charge in [0.05, 0.1) is 5.39 Å². The van der Waals surface area contributed by atoms with E-state index >= 15 is 0 Å². The van der Waals surface area contributed by atoms with E-state index in [1.165, 1.54) is 47.1 Å². The quantitative estimate of drug-likeness (QED) is 0.762. The number of aromatic nitrogens is 2. The van der Waals surface area contributed by atoms with Gasteiger partial charge >= 0.3 is 0 Å². The van der Waals surface area contributed by atoms with Crippen LogP contribution >= 0.6 is 23.7 Å². The SMILES string of the molecule is Cl.c1ccc(CNc2ncnc3sc4c(c23)CCCC4)cc1. The smallest absolute Gasteiger partial charge is 0.138 e. The van der Waals surface area contributed by atoms with Crippen molar-refractivity contribution in [2.75, 3.05) is 5.32 Å². The van der Waals surface area contributed by atoms with Crippen molar-refractivity contribution in [3.63, 3.8) is 0 Å². The molecule has 0 saturated heterocycles. The number of hydrogen-bond acceptors (Lipinski definition) is 4. The third-order valence-electron chi connectivity index (χ3n) is 4.05. The maximum atomic E-state index is 4.49. The van der Waals surface area contributed by atoms with Crippen LogP contribution in [0.25, 0.3) is 10.2 Å². The van der Waals surface area contributed by atoms with E-state index in [4.69, 9.17) is 0 Å². The molecule has 0 radical (unpaired) electrons. The summed E-state index contributed by atoms with van der Waals surface area (Å²) in [5.74, 6) is 0.989. The predicted octanol–water partition coefficient (Wildman–Crippen LogP) is 4.60. The molecular formula is C17H18ClN3S. The number of benzene rings is 1. The molecule has 1 N–H and O–H groups in total. The van der Waals surface area contributed by atoms with E-state index in [0.717, 1.165) is 17.2 Å². The van der Waals surface area contributed by atoms with Gasteiger partial charge in [0.25, 0.3) is 0 Å². The average molecular weight is 332 g/mol. The first-order valence-corrected chi connectivity index (χ1v) is 8.26. The normalized spacial score (nSPS) is 13.5. The largest absolute Gasteiger partial charge is 0.365 e. The van der Waals surface area contributed by atoms with Gasteiger partial charge in [-0.3, -0.25) is 0 Å². The summed E-state index contributed by atoms with van der Waals surface area (Å²) in [5, 5.41) is 4.75. The fraction of sp³-hybridized carbons (Fsp3) is 0.294. The lowest BCUT2D eigenvalue weighted by Gasteiger charge is -2.12. The number of hydrogen-bond donors (Lipinski definition) is 1. The summed E-state index contributed by atoms with van der Waals surface area (Å²) >= 11 is 1.84. The summed E-state index contributed by atoms with van der Waals surface area (Å²) in [5.41, 5.74) is 2.76. The Labute approximate surface area is 140 Å². The second kappa shape index (κ2) is 6.63. The highest BCUT2D eigenvalue weighted by molar-refractivity contribution is 7.19. The Kier molecular flexibility index (Phi) is 4.60. The molecule has 2 aromatic heterocycles. The van der Waals surface area contributed by atoms with Crippen LogP contribution in [0.5, 0.6) is 0 Å². The molecular weight excluding hydrogens is 314 g/mol. The summed E-state index contributed by atoms with van der Waals surface area (Å²) in [6, 6.07) is 10.4. The Hall–Kier alpha value is -1.65. The first kappa shape index (κ1) is 15.3. The van der Waals surface area contributed by atoms with Crippen molar-refractivity contribution in [3.05, 3.63) is 52.7 Å². The van der Waals surface area contributed by atoms with Crippen LogP contribution in [0.3, 0.4) is 0 Å². The molecule has 5 heteroatoms. The fourth-order valence-electron chi connectivity index (χ4n) is 3.01. The highest BCUT2D eigenvalue weighted by atomic mass is 35.5. The van der Waals surface area contributed by atoms with Crippen molar-refractivity contribution >= 4 is 39.8 Å². The Morgan fingerprint density at radius 1 is 1.05 bits per heavy atom. The molecule has 2 heterocycles. The highest BCUT2D eigenvalue weighted by Crippen LogP contribution is 2.38. The summed E-state index contributed by atoms with van der Waals surface area (Å²) < 4.78 is 0. The Morgan fingerprint density at radius 2 is 1.86 bits per heavy atom. The van der Waals surface area contributed by atoms with Crippen LogP contribution in [-0.2, 0) is 19.4 Å². The first-order valence-electron chi connectivity index (χ1n) is 7.45. The van der Waals surface area contributed by atoms with E-state index in [2.05, 4.69) is 39.6 Å². The number of aryl methyl sites for hydroxylation is 2. The van der Waals surface area contributed by atoms with Crippen molar-refractivity contribution in [2.24, 2.45) is 0 Å². The van der Waals surface area contributed by atoms with Crippen molar-refractivity contribution in [1.29, 1.82) is 0 Å². The predicted molar refractivity (Wildman–Crippen MR) is 95.1 cm³/mol. The van der Waals surface area contributed by atoms with Crippen LogP contribution in [0.1, 0.15) is 28.8 Å². The van der Waals surface area contributed by atoms with E-state index < -0.39 is 0 Å². The van der Waals surface area contributed by atoms with E-state index in [1.54, 1.807) is 6.33 Å². The fourth-order valence-corrected chi connectivity index (χ4v) is 4.23. The summed E-state index contributed by atoms with van der Waals surface area (Å²) in [4.78, 5) is 11.6. The minimum Gasteiger partial charge on any atom is -0.365 e. The molecule has 0 amide bonds. The van der Waals surface area contributed by atoms with Crippen LogP contribution in [0, 0.1) is 0 Å². The lowest BCUT2D eigenvalue weighted by molar-refractivity contribution is 0.700. The second-order valence-corrected chi connectivity index (χ2v) is 6.54. The van der Waals surface area contributed by atoms with Crippen molar-refractivity contribution in [2.45, 2.75) is 32.2 Å². The van der Waals surface area contributed by atoms with Crippen molar-refractivity contribution in [3.8, 4) is 0 Å². The molecule has 114 valence electrons. The van der Waals surface area contributed by atoms with Gasteiger partial charge in [0, 0.05) is 11.4 Å². The third-order valence-corrected chi connectivity index (χ3v) is 5.25. The number of rotatable bonds is 3. The molecule has 3 aromatic rings. The van der Waals surface area contributed by atoms with Crippen molar-refractivity contribution < 1.29 is 0 Å². The van der Waals surface area contributed by atoms with Gasteiger partial charge in [-0.05, 0) is 36.8 Å². The zero-order valence-electron chi connectivity index (χ0n) is 12.2. The Morgan fingerprint density at radius 3 is 2.73 bits per heavy atom. The van der Waals surface area contributed by atoms with Gasteiger partial charge in [-0.15, -0.1) is 23.7 Å². The number of nitrogens with one attached hydrogen (secondary N) is 1. The standard InChI is InChI=1S/C17H17N3S.ClH/c1-2-6-12(7-3-1)10-18-16-15-13-8-4-5-9-14(13)21-17(15)20-11-19-16;/h1-3,6-7,11H,4-5,8-10H2,(H,18,19,20);1H. The van der Waals surface area contributed by atoms with Gasteiger partial charge in [-0.25, -0.2) is 9.97 Å². The van der Waals surface area contributed by atoms with Crippen LogP contribution in [-0.4, -0.2) is 9.97 Å². The van der Waals surface area contributed by atoms with Gasteiger partial charge < -0.3 is 5.32 Å². The molecule has 0 spiro atoms. The van der Waals surface area contributed by atoms with Gasteiger partial charge in [0.15, 0.2) is 0 Å². The molecule has 22 heavy (non-hydrogen) atoms. The molecule has 0 atom stereocenters. The van der Waals surface area contributed by atoms with Crippen LogP contribution in [0.2, 0.25) is 0 Å². The molecule has 0 fully saturated rings. The number of halogens is 1. The molecule has 0 bridgehead atoms. The van der Waals surface area contributed by atoms with Gasteiger partial charge in [0.2, 0.25) is 0 Å². The van der Waals surface area contributed by atoms with E-state index in [1.807, 2.05) is 17.4 Å². The summed E-state index contributed by atoms with van der Waals surface area (Å²) in [7, 11) is 0. The van der Waals surface area contributed by atoms with E-state index in [9.17, 15) is 0 Å². The monoisotopic (exact) mass is 331 g/mol.